The lowest BCUT2D eigenvalue weighted by Gasteiger charge is -2.41. The van der Waals surface area contributed by atoms with Gasteiger partial charge in [-0.05, 0) is 87.0 Å². The summed E-state index contributed by atoms with van der Waals surface area (Å²) in [6.07, 6.45) is 4.40. The maximum Gasteiger partial charge on any atom is 0.256 e. The predicted octanol–water partition coefficient (Wildman–Crippen LogP) is 6.69. The van der Waals surface area contributed by atoms with Gasteiger partial charge in [-0.3, -0.25) is 9.36 Å². The highest BCUT2D eigenvalue weighted by Gasteiger charge is 2.29. The van der Waals surface area contributed by atoms with Gasteiger partial charge in [-0.2, -0.15) is 4.98 Å². The van der Waals surface area contributed by atoms with Gasteiger partial charge in [-0.15, -0.1) is 0 Å². The lowest BCUT2D eigenvalue weighted by molar-refractivity contribution is 0.120. The van der Waals surface area contributed by atoms with Gasteiger partial charge in [0.2, 0.25) is 5.95 Å². The number of aromatic nitrogens is 3. The van der Waals surface area contributed by atoms with Crippen LogP contribution in [0.4, 0.5) is 14.7 Å². The minimum atomic E-state index is -0.847. The Hall–Kier alpha value is -4.11. The molecule has 6 rings (SSSR count). The Labute approximate surface area is 258 Å². The van der Waals surface area contributed by atoms with Gasteiger partial charge in [0, 0.05) is 41.8 Å². The second-order valence-corrected chi connectivity index (χ2v) is 11.7. The zero-order valence-corrected chi connectivity index (χ0v) is 26.1. The molecule has 0 spiro atoms. The van der Waals surface area contributed by atoms with Crippen LogP contribution in [-0.2, 0) is 0 Å². The molecule has 4 aromatic rings. The second kappa shape index (κ2) is 13.3. The smallest absolute Gasteiger partial charge is 0.256 e. The Morgan fingerprint density at radius 1 is 0.932 bits per heavy atom. The van der Waals surface area contributed by atoms with Crippen molar-refractivity contribution >= 4 is 22.7 Å². The number of hydrogen-bond donors (Lipinski definition) is 1. The van der Waals surface area contributed by atoms with Crippen molar-refractivity contribution in [2.75, 3.05) is 31.1 Å². The zero-order chi connectivity index (χ0) is 31.5. The first-order valence-electron chi connectivity index (χ1n) is 15.6. The van der Waals surface area contributed by atoms with Crippen molar-refractivity contribution < 1.29 is 8.78 Å². The lowest BCUT2D eigenvalue weighted by atomic mass is 9.95. The van der Waals surface area contributed by atoms with Crippen molar-refractivity contribution in [2.45, 2.75) is 59.4 Å². The molecule has 0 amide bonds. The number of fused-ring (bicyclic) bond motifs is 1. The molecule has 0 atom stereocenters. The molecule has 4 heterocycles. The molecule has 2 aliphatic rings. The van der Waals surface area contributed by atoms with Crippen molar-refractivity contribution in [3.63, 3.8) is 0 Å². The van der Waals surface area contributed by atoms with E-state index in [0.29, 0.717) is 28.8 Å². The number of hydrogen-bond acceptors (Lipinski definition) is 6. The highest BCUT2D eigenvalue weighted by Crippen LogP contribution is 2.34. The Morgan fingerprint density at radius 3 is 2.23 bits per heavy atom. The van der Waals surface area contributed by atoms with Gasteiger partial charge < -0.3 is 15.5 Å². The van der Waals surface area contributed by atoms with E-state index < -0.39 is 22.9 Å². The lowest BCUT2D eigenvalue weighted by Crippen LogP contribution is -2.48. The summed E-state index contributed by atoms with van der Waals surface area (Å²) in [5.41, 5.74) is 8.58. The maximum atomic E-state index is 15.1. The van der Waals surface area contributed by atoms with Crippen LogP contribution >= 0.6 is 0 Å². The molecule has 2 N–H and O–H groups in total. The summed E-state index contributed by atoms with van der Waals surface area (Å²) in [6, 6.07) is 12.7. The molecule has 0 saturated carbocycles. The third-order valence-electron chi connectivity index (χ3n) is 8.85. The van der Waals surface area contributed by atoms with Crippen LogP contribution in [0.25, 0.3) is 33.7 Å². The van der Waals surface area contributed by atoms with Gasteiger partial charge >= 0.3 is 0 Å². The summed E-state index contributed by atoms with van der Waals surface area (Å²) in [4.78, 5) is 27.8. The molecule has 0 radical (unpaired) electrons. The van der Waals surface area contributed by atoms with E-state index in [1.807, 2.05) is 39.0 Å². The third kappa shape index (κ3) is 6.11. The van der Waals surface area contributed by atoms with Crippen LogP contribution in [0, 0.1) is 24.5 Å². The van der Waals surface area contributed by atoms with Crippen LogP contribution < -0.4 is 16.2 Å². The van der Waals surface area contributed by atoms with E-state index in [2.05, 4.69) is 23.3 Å². The number of benzene rings is 2. The van der Waals surface area contributed by atoms with Crippen LogP contribution in [-0.4, -0.2) is 51.7 Å². The predicted molar refractivity (Wildman–Crippen MR) is 175 cm³/mol. The third-order valence-corrected chi connectivity index (χ3v) is 8.85. The Morgan fingerprint density at radius 2 is 1.59 bits per heavy atom. The van der Waals surface area contributed by atoms with E-state index in [1.165, 1.54) is 25.0 Å². The molecular formula is C35H42F2N6O. The summed E-state index contributed by atoms with van der Waals surface area (Å²) in [7, 11) is 0. The van der Waals surface area contributed by atoms with Crippen molar-refractivity contribution in [1.82, 2.24) is 19.4 Å². The Bertz CT molecular complexity index is 1700. The Kier molecular flexibility index (Phi) is 9.44. The number of halogens is 2. The highest BCUT2D eigenvalue weighted by atomic mass is 19.1. The first kappa shape index (κ1) is 31.3. The maximum absolute atomic E-state index is 15.1. The van der Waals surface area contributed by atoms with E-state index in [-0.39, 0.29) is 5.65 Å². The van der Waals surface area contributed by atoms with E-state index >= 15 is 8.78 Å². The molecule has 0 aliphatic carbocycles. The normalized spacial score (nSPS) is 16.5. The zero-order valence-electron chi connectivity index (χ0n) is 26.1. The largest absolute Gasteiger partial charge is 0.399 e. The topological polar surface area (TPSA) is 80.3 Å². The van der Waals surface area contributed by atoms with E-state index in [4.69, 9.17) is 15.7 Å². The molecule has 2 aromatic carbocycles. The number of aryl methyl sites for hydroxylation is 1. The van der Waals surface area contributed by atoms with Crippen LogP contribution in [0.1, 0.15) is 57.6 Å². The number of anilines is 1. The van der Waals surface area contributed by atoms with E-state index in [9.17, 15) is 4.79 Å². The molecule has 2 aromatic heterocycles. The van der Waals surface area contributed by atoms with Crippen LogP contribution in [0.15, 0.2) is 59.9 Å². The fourth-order valence-electron chi connectivity index (χ4n) is 6.27. The van der Waals surface area contributed by atoms with Crippen molar-refractivity contribution in [2.24, 2.45) is 11.7 Å². The van der Waals surface area contributed by atoms with Gasteiger partial charge in [0.15, 0.2) is 5.65 Å². The van der Waals surface area contributed by atoms with Gasteiger partial charge in [0.05, 0.1) is 5.69 Å². The molecule has 2 fully saturated rings. The van der Waals surface area contributed by atoms with E-state index in [1.54, 1.807) is 6.07 Å². The average Bonchev–Trinajstić information content (AvgIpc) is 3.03. The molecule has 0 unspecified atom stereocenters. The van der Waals surface area contributed by atoms with Gasteiger partial charge in [-0.1, -0.05) is 45.5 Å². The van der Waals surface area contributed by atoms with Crippen molar-refractivity contribution in [3.8, 4) is 16.9 Å². The molecule has 2 aliphatic heterocycles. The summed E-state index contributed by atoms with van der Waals surface area (Å²) < 4.78 is 31.2. The molecule has 9 heteroatoms. The number of nitrogens with two attached hydrogens (primary N) is 1. The van der Waals surface area contributed by atoms with Crippen molar-refractivity contribution in [1.29, 1.82) is 0 Å². The van der Waals surface area contributed by atoms with Gasteiger partial charge in [-0.25, -0.2) is 13.8 Å². The first-order chi connectivity index (χ1) is 21.2. The molecular weight excluding hydrogens is 558 g/mol. The summed E-state index contributed by atoms with van der Waals surface area (Å²) in [6.45, 7) is 15.9. The summed E-state index contributed by atoms with van der Waals surface area (Å²) in [5, 5.41) is 0.501. The average molecular weight is 601 g/mol. The fraction of sp³-hybridized carbons (Fsp3) is 0.400. The molecule has 0 bridgehead atoms. The monoisotopic (exact) mass is 600 g/mol. The molecule has 232 valence electrons. The van der Waals surface area contributed by atoms with Crippen LogP contribution in [0.3, 0.4) is 0 Å². The minimum Gasteiger partial charge on any atom is -0.399 e. The first-order valence-corrected chi connectivity index (χ1v) is 15.6. The van der Waals surface area contributed by atoms with Crippen molar-refractivity contribution in [3.05, 3.63) is 88.2 Å². The fourth-order valence-corrected chi connectivity index (χ4v) is 6.27. The second-order valence-electron chi connectivity index (χ2n) is 11.7. The number of likely N-dealkylation sites (tertiary alicyclic amines) is 1. The summed E-state index contributed by atoms with van der Waals surface area (Å²) >= 11 is 0. The minimum absolute atomic E-state index is 0.148. The Balaban J connectivity index is 0.00000188. The van der Waals surface area contributed by atoms with Crippen LogP contribution in [0.5, 0.6) is 0 Å². The van der Waals surface area contributed by atoms with Crippen LogP contribution in [0.2, 0.25) is 0 Å². The number of piperidine rings is 2. The van der Waals surface area contributed by atoms with Gasteiger partial charge in [0.25, 0.3) is 5.56 Å². The van der Waals surface area contributed by atoms with E-state index in [0.717, 1.165) is 78.3 Å². The molecule has 7 nitrogen and oxygen atoms in total. The molecule has 44 heavy (non-hydrogen) atoms. The highest BCUT2D eigenvalue weighted by molar-refractivity contribution is 5.93. The van der Waals surface area contributed by atoms with Gasteiger partial charge in [0.1, 0.15) is 17.3 Å². The quantitative estimate of drug-likeness (QED) is 0.275. The molecule has 2 saturated heterocycles. The number of pyridine rings is 1. The number of nitrogens with zero attached hydrogens (tertiary/aromatic N) is 5. The summed E-state index contributed by atoms with van der Waals surface area (Å²) in [5.74, 6) is -0.488. The number of rotatable bonds is 5. The number of para-hydroxylation sites is 1. The SMILES string of the molecule is C=C(N)c1ccc(C)c(-c2nc(N3CCC(N4CCC(C)CC4)CC3)nc3c2ccc(=O)n3-c2c(F)cccc2F)c1.CC. The standard InChI is InChI=1S/C33H36F2N6O.C2H6/c1-20-11-15-39(16-12-20)24-13-17-40(18-14-24)33-37-30(26-19-23(22(3)36)8-7-21(26)2)25-9-10-29(42)41(32(25)38-33)31-27(34)5-4-6-28(31)35;1-2/h4-10,19-20,24H,3,11-18,36H2,1-2H3;1-2H3.